The first-order valence-corrected chi connectivity index (χ1v) is 11.2. The molecule has 0 atom stereocenters. The number of amides is 2. The molecule has 2 aromatic rings. The summed E-state index contributed by atoms with van der Waals surface area (Å²) in [5, 5.41) is 2.71. The Hall–Kier alpha value is -2.75. The van der Waals surface area contributed by atoms with Gasteiger partial charge in [-0.05, 0) is 23.3 Å². The number of rotatable bonds is 6. The maximum Gasteiger partial charge on any atom is 0.269 e. The van der Waals surface area contributed by atoms with Crippen molar-refractivity contribution in [1.82, 2.24) is 14.5 Å². The fourth-order valence-corrected chi connectivity index (χ4v) is 5.15. The molecule has 2 aromatic carbocycles. The van der Waals surface area contributed by atoms with Crippen molar-refractivity contribution in [3.05, 3.63) is 65.2 Å². The molecule has 1 N–H and O–H groups in total. The fourth-order valence-electron chi connectivity index (χ4n) is 3.63. The lowest BCUT2D eigenvalue weighted by atomic mass is 10.1. The maximum absolute atomic E-state index is 12.5. The third-order valence-electron chi connectivity index (χ3n) is 5.19. The quantitative estimate of drug-likeness (QED) is 0.736. The number of sulfonamides is 1. The Labute approximate surface area is 175 Å². The van der Waals surface area contributed by atoms with Gasteiger partial charge < -0.3 is 10.1 Å². The second-order valence-corrected chi connectivity index (χ2v) is 9.13. The van der Waals surface area contributed by atoms with Crippen LogP contribution in [0.15, 0.2) is 53.4 Å². The Morgan fingerprint density at radius 1 is 1.03 bits per heavy atom. The van der Waals surface area contributed by atoms with Gasteiger partial charge in [-0.25, -0.2) is 12.7 Å². The molecule has 2 heterocycles. The minimum atomic E-state index is -3.99. The molecule has 0 radical (unpaired) electrons. The molecule has 0 spiro atoms. The van der Waals surface area contributed by atoms with Crippen LogP contribution in [0.5, 0.6) is 0 Å². The van der Waals surface area contributed by atoms with Crippen molar-refractivity contribution in [3.8, 4) is 0 Å². The topological polar surface area (TPSA) is 96.0 Å². The Kier molecular flexibility index (Phi) is 5.85. The first-order valence-electron chi connectivity index (χ1n) is 9.76. The number of carbonyl (C=O) groups excluding carboxylic acids is 2. The van der Waals surface area contributed by atoms with Crippen LogP contribution in [-0.2, 0) is 32.6 Å². The minimum Gasteiger partial charge on any atom is -0.379 e. The third kappa shape index (κ3) is 4.23. The van der Waals surface area contributed by atoms with Crippen molar-refractivity contribution in [2.75, 3.05) is 32.8 Å². The van der Waals surface area contributed by atoms with Crippen molar-refractivity contribution in [3.63, 3.8) is 0 Å². The van der Waals surface area contributed by atoms with E-state index in [9.17, 15) is 18.0 Å². The van der Waals surface area contributed by atoms with E-state index < -0.39 is 28.4 Å². The van der Waals surface area contributed by atoms with Gasteiger partial charge in [-0.15, -0.1) is 0 Å². The molecular weight excluding hydrogens is 406 g/mol. The normalized spacial score (nSPS) is 18.3. The van der Waals surface area contributed by atoms with Crippen molar-refractivity contribution in [2.24, 2.45) is 0 Å². The first kappa shape index (κ1) is 20.5. The van der Waals surface area contributed by atoms with E-state index in [-0.39, 0.29) is 17.0 Å². The van der Waals surface area contributed by atoms with Gasteiger partial charge in [0.1, 0.15) is 11.4 Å². The van der Waals surface area contributed by atoms with Crippen LogP contribution in [0.25, 0.3) is 0 Å². The van der Waals surface area contributed by atoms with Gasteiger partial charge in [0.2, 0.25) is 5.91 Å². The summed E-state index contributed by atoms with van der Waals surface area (Å²) in [5.74, 6) is -1.20. The molecule has 2 amide bonds. The molecule has 2 aliphatic rings. The van der Waals surface area contributed by atoms with E-state index in [2.05, 4.69) is 10.2 Å². The molecule has 2 aliphatic heterocycles. The standard InChI is InChI=1S/C21H23N3O5S/c25-20(15-24-21(26)18-6-1-2-7-19(18)30(24,27)28)22-13-16-4-3-5-17(12-16)14-23-8-10-29-11-9-23/h1-7,12H,8-11,13-15H2,(H,22,25). The lowest BCUT2D eigenvalue weighted by Gasteiger charge is -2.26. The molecule has 9 heteroatoms. The molecule has 1 fully saturated rings. The van der Waals surface area contributed by atoms with Crippen molar-refractivity contribution in [2.45, 2.75) is 18.0 Å². The lowest BCUT2D eigenvalue weighted by Crippen LogP contribution is -2.40. The number of morpholine rings is 1. The first-order chi connectivity index (χ1) is 14.4. The number of nitrogens with zero attached hydrogens (tertiary/aromatic N) is 2. The summed E-state index contributed by atoms with van der Waals surface area (Å²) in [5.41, 5.74) is 2.14. The SMILES string of the molecule is O=C(CN1C(=O)c2ccccc2S1(=O)=O)NCc1cccc(CN2CCOCC2)c1. The highest BCUT2D eigenvalue weighted by Crippen LogP contribution is 2.29. The molecule has 0 saturated carbocycles. The fraction of sp³-hybridized carbons (Fsp3) is 0.333. The number of fused-ring (bicyclic) bond motifs is 1. The van der Waals surface area contributed by atoms with E-state index >= 15 is 0 Å². The van der Waals surface area contributed by atoms with Crippen LogP contribution < -0.4 is 5.32 Å². The van der Waals surface area contributed by atoms with Crippen LogP contribution in [0.3, 0.4) is 0 Å². The van der Waals surface area contributed by atoms with Crippen molar-refractivity contribution < 1.29 is 22.7 Å². The predicted octanol–water partition coefficient (Wildman–Crippen LogP) is 0.980. The molecule has 0 bridgehead atoms. The molecular formula is C21H23N3O5S. The smallest absolute Gasteiger partial charge is 0.269 e. The van der Waals surface area contributed by atoms with E-state index in [1.54, 1.807) is 12.1 Å². The molecule has 30 heavy (non-hydrogen) atoms. The molecule has 8 nitrogen and oxygen atoms in total. The molecule has 1 saturated heterocycles. The van der Waals surface area contributed by atoms with E-state index in [0.717, 1.165) is 44.0 Å². The maximum atomic E-state index is 12.5. The van der Waals surface area contributed by atoms with Crippen LogP contribution in [0.1, 0.15) is 21.5 Å². The molecule has 158 valence electrons. The third-order valence-corrected chi connectivity index (χ3v) is 6.98. The van der Waals surface area contributed by atoms with E-state index in [4.69, 9.17) is 4.74 Å². The van der Waals surface area contributed by atoms with E-state index in [1.165, 1.54) is 12.1 Å². The van der Waals surface area contributed by atoms with Crippen LogP contribution in [0.4, 0.5) is 0 Å². The van der Waals surface area contributed by atoms with Gasteiger partial charge in [-0.3, -0.25) is 14.5 Å². The van der Waals surface area contributed by atoms with Gasteiger partial charge in [0.05, 0.1) is 18.8 Å². The second-order valence-electron chi connectivity index (χ2n) is 7.30. The number of nitrogens with one attached hydrogen (secondary N) is 1. The summed E-state index contributed by atoms with van der Waals surface area (Å²) in [4.78, 5) is 27.0. The highest BCUT2D eigenvalue weighted by Gasteiger charge is 2.41. The number of hydrogen-bond donors (Lipinski definition) is 1. The number of hydrogen-bond acceptors (Lipinski definition) is 6. The Morgan fingerprint density at radius 3 is 2.53 bits per heavy atom. The molecule has 0 aliphatic carbocycles. The zero-order chi connectivity index (χ0) is 21.1. The average molecular weight is 429 g/mol. The summed E-state index contributed by atoms with van der Waals surface area (Å²) in [6.07, 6.45) is 0. The average Bonchev–Trinajstić information content (AvgIpc) is 2.94. The van der Waals surface area contributed by atoms with Crippen LogP contribution in [0, 0.1) is 0 Å². The van der Waals surface area contributed by atoms with Gasteiger partial charge in [0.25, 0.3) is 15.9 Å². The van der Waals surface area contributed by atoms with Crippen LogP contribution >= 0.6 is 0 Å². The highest BCUT2D eigenvalue weighted by molar-refractivity contribution is 7.90. The Balaban J connectivity index is 1.35. The summed E-state index contributed by atoms with van der Waals surface area (Å²) in [6, 6.07) is 13.9. The van der Waals surface area contributed by atoms with Crippen molar-refractivity contribution >= 4 is 21.8 Å². The minimum absolute atomic E-state index is 0.0568. The molecule has 0 aromatic heterocycles. The zero-order valence-electron chi connectivity index (χ0n) is 16.4. The zero-order valence-corrected chi connectivity index (χ0v) is 17.2. The Morgan fingerprint density at radius 2 is 1.77 bits per heavy atom. The second kappa shape index (κ2) is 8.55. The van der Waals surface area contributed by atoms with Gasteiger partial charge in [-0.2, -0.15) is 0 Å². The number of benzene rings is 2. The monoisotopic (exact) mass is 429 g/mol. The predicted molar refractivity (Wildman–Crippen MR) is 109 cm³/mol. The van der Waals surface area contributed by atoms with Crippen LogP contribution in [0.2, 0.25) is 0 Å². The lowest BCUT2D eigenvalue weighted by molar-refractivity contribution is -0.121. The molecule has 0 unspecified atom stereocenters. The highest BCUT2D eigenvalue weighted by atomic mass is 32.2. The number of carbonyl (C=O) groups is 2. The van der Waals surface area contributed by atoms with Crippen molar-refractivity contribution in [1.29, 1.82) is 0 Å². The van der Waals surface area contributed by atoms with Gasteiger partial charge in [0.15, 0.2) is 0 Å². The summed E-state index contributed by atoms with van der Waals surface area (Å²) in [6.45, 7) is 3.77. The van der Waals surface area contributed by atoms with Gasteiger partial charge in [-0.1, -0.05) is 36.4 Å². The van der Waals surface area contributed by atoms with E-state index in [0.29, 0.717) is 4.31 Å². The summed E-state index contributed by atoms with van der Waals surface area (Å²) in [7, 11) is -3.99. The Bertz CT molecular complexity index is 1060. The number of ether oxygens (including phenoxy) is 1. The van der Waals surface area contributed by atoms with Crippen LogP contribution in [-0.4, -0.2) is 62.3 Å². The van der Waals surface area contributed by atoms with Gasteiger partial charge in [0, 0.05) is 26.2 Å². The largest absolute Gasteiger partial charge is 0.379 e. The summed E-state index contributed by atoms with van der Waals surface area (Å²) < 4.78 is 31.1. The summed E-state index contributed by atoms with van der Waals surface area (Å²) >= 11 is 0. The van der Waals surface area contributed by atoms with Gasteiger partial charge >= 0.3 is 0 Å². The molecule has 4 rings (SSSR count). The van der Waals surface area contributed by atoms with E-state index in [1.807, 2.05) is 24.3 Å².